The van der Waals surface area contributed by atoms with Gasteiger partial charge in [-0.2, -0.15) is 0 Å². The highest BCUT2D eigenvalue weighted by Gasteiger charge is 2.37. The number of anilines is 1. The van der Waals surface area contributed by atoms with Gasteiger partial charge in [-0.3, -0.25) is 19.3 Å². The zero-order chi connectivity index (χ0) is 34.6. The molecule has 1 fully saturated rings. The number of benzene rings is 3. The van der Waals surface area contributed by atoms with Gasteiger partial charge in [0, 0.05) is 60.9 Å². The Labute approximate surface area is 285 Å². The number of esters is 1. The Kier molecular flexibility index (Phi) is 10.6. The molecular formula is C36H39ClFN5O5. The number of fused-ring (bicyclic) bond motifs is 1. The van der Waals surface area contributed by atoms with E-state index in [1.807, 2.05) is 23.1 Å². The molecule has 3 aromatic rings. The van der Waals surface area contributed by atoms with Crippen LogP contribution in [0.15, 0.2) is 54.6 Å². The first-order valence-corrected chi connectivity index (χ1v) is 16.2. The van der Waals surface area contributed by atoms with E-state index in [0.29, 0.717) is 47.2 Å². The fraction of sp³-hybridized carbons (Fsp3) is 0.389. The summed E-state index contributed by atoms with van der Waals surface area (Å²) in [4.78, 5) is 46.9. The third-order valence-electron chi connectivity index (χ3n) is 8.38. The van der Waals surface area contributed by atoms with Crippen molar-refractivity contribution >= 4 is 40.8 Å². The molecule has 48 heavy (non-hydrogen) atoms. The number of halogens is 2. The maximum absolute atomic E-state index is 14.5. The Morgan fingerprint density at radius 1 is 1.08 bits per heavy atom. The fourth-order valence-corrected chi connectivity index (χ4v) is 6.26. The van der Waals surface area contributed by atoms with Gasteiger partial charge in [0.05, 0.1) is 18.8 Å². The second-order valence-corrected chi connectivity index (χ2v) is 13.4. The van der Waals surface area contributed by atoms with Crippen molar-refractivity contribution < 1.29 is 28.2 Å². The summed E-state index contributed by atoms with van der Waals surface area (Å²) in [7, 11) is 0. The molecule has 0 spiro atoms. The zero-order valence-electron chi connectivity index (χ0n) is 27.3. The highest BCUT2D eigenvalue weighted by Crippen LogP contribution is 2.34. The lowest BCUT2D eigenvalue weighted by Gasteiger charge is -2.36. The van der Waals surface area contributed by atoms with Crippen molar-refractivity contribution in [1.82, 2.24) is 9.80 Å². The molecule has 12 heteroatoms. The van der Waals surface area contributed by atoms with Gasteiger partial charge in [0.1, 0.15) is 29.8 Å². The lowest BCUT2D eigenvalue weighted by atomic mass is 10.1. The first-order chi connectivity index (χ1) is 22.8. The molecule has 2 aliphatic rings. The van der Waals surface area contributed by atoms with Crippen LogP contribution in [0.3, 0.4) is 0 Å². The molecular weight excluding hydrogens is 637 g/mol. The lowest BCUT2D eigenvalue weighted by Crippen LogP contribution is -2.46. The summed E-state index contributed by atoms with van der Waals surface area (Å²) in [6, 6.07) is 14.6. The Bertz CT molecular complexity index is 1750. The van der Waals surface area contributed by atoms with Crippen LogP contribution < -0.4 is 15.4 Å². The number of nitrogens with two attached hydrogens (primary N) is 1. The second-order valence-electron chi connectivity index (χ2n) is 13.0. The molecule has 252 valence electrons. The number of carbonyl (C=O) groups excluding carboxylic acids is 3. The Balaban J connectivity index is 1.17. The summed E-state index contributed by atoms with van der Waals surface area (Å²) in [6.07, 6.45) is -0.00715. The van der Waals surface area contributed by atoms with Gasteiger partial charge < -0.3 is 25.0 Å². The molecule has 0 bridgehead atoms. The van der Waals surface area contributed by atoms with Crippen molar-refractivity contribution in [3.8, 4) is 5.75 Å². The molecule has 1 saturated heterocycles. The van der Waals surface area contributed by atoms with Crippen molar-refractivity contribution in [2.75, 3.05) is 31.1 Å². The van der Waals surface area contributed by atoms with Crippen LogP contribution in [0.25, 0.3) is 4.85 Å². The third kappa shape index (κ3) is 8.24. The van der Waals surface area contributed by atoms with Gasteiger partial charge in [-0.1, -0.05) is 35.9 Å². The fourth-order valence-electron chi connectivity index (χ4n) is 6.00. The Morgan fingerprint density at radius 3 is 2.48 bits per heavy atom. The predicted molar refractivity (Wildman–Crippen MR) is 180 cm³/mol. The molecule has 10 nitrogen and oxygen atoms in total. The summed E-state index contributed by atoms with van der Waals surface area (Å²) >= 11 is 6.68. The van der Waals surface area contributed by atoms with E-state index in [1.165, 1.54) is 11.0 Å². The number of amides is 2. The third-order valence-corrected chi connectivity index (χ3v) is 8.73. The molecule has 0 radical (unpaired) electrons. The van der Waals surface area contributed by atoms with Crippen molar-refractivity contribution in [1.29, 1.82) is 0 Å². The molecule has 0 saturated carbocycles. The minimum absolute atomic E-state index is 0.0500. The predicted octanol–water partition coefficient (Wildman–Crippen LogP) is 5.86. The lowest BCUT2D eigenvalue weighted by molar-refractivity contribution is -0.155. The number of hydrogen-bond acceptors (Lipinski definition) is 7. The maximum atomic E-state index is 14.5. The Morgan fingerprint density at radius 2 is 1.83 bits per heavy atom. The van der Waals surface area contributed by atoms with Gasteiger partial charge in [0.25, 0.3) is 5.91 Å². The van der Waals surface area contributed by atoms with E-state index in [0.717, 1.165) is 24.2 Å². The molecule has 0 unspecified atom stereocenters. The summed E-state index contributed by atoms with van der Waals surface area (Å²) in [5.74, 6) is -1.40. The minimum Gasteiger partial charge on any atom is -0.488 e. The number of piperazine rings is 1. The van der Waals surface area contributed by atoms with E-state index >= 15 is 0 Å². The molecule has 5 rings (SSSR count). The molecule has 3 aromatic carbocycles. The van der Waals surface area contributed by atoms with Crippen molar-refractivity contribution in [3.63, 3.8) is 0 Å². The number of rotatable bonds is 11. The van der Waals surface area contributed by atoms with Crippen LogP contribution in [-0.4, -0.2) is 65.4 Å². The topological polar surface area (TPSA) is 110 Å². The van der Waals surface area contributed by atoms with Crippen LogP contribution >= 0.6 is 11.6 Å². The standard InChI is InChI=1S/C36H39ClFN5O5/c1-36(2,3)48-33(44)13-12-31(34(39)45)43-21-27-26(35(43)46)6-5-7-32(27)47-22-24-9-8-23(18-28(24)37)20-41-14-16-42(17-15-41)30-11-10-25(40-4)19-29(30)38/h5-11,18-19,31H,12-17,20-22H2,1-3H3,(H2,39,45)/t31-/m0/s1. The van der Waals surface area contributed by atoms with Gasteiger partial charge in [0.15, 0.2) is 5.69 Å². The van der Waals surface area contributed by atoms with Crippen LogP contribution in [0.2, 0.25) is 5.02 Å². The van der Waals surface area contributed by atoms with Crippen LogP contribution in [-0.2, 0) is 34.0 Å². The molecule has 2 heterocycles. The summed E-state index contributed by atoms with van der Waals surface area (Å²) < 4.78 is 26.0. The van der Waals surface area contributed by atoms with E-state index < -0.39 is 23.5 Å². The maximum Gasteiger partial charge on any atom is 0.306 e. The van der Waals surface area contributed by atoms with Crippen LogP contribution in [0.4, 0.5) is 15.8 Å². The number of primary amides is 1. The van der Waals surface area contributed by atoms with Gasteiger partial charge in [0.2, 0.25) is 5.91 Å². The van der Waals surface area contributed by atoms with Crippen molar-refractivity contribution in [2.45, 2.75) is 65.0 Å². The molecule has 0 aromatic heterocycles. The SMILES string of the molecule is [C-]#[N+]c1ccc(N2CCN(Cc3ccc(COc4cccc5c4CN([C@@H](CCC(=O)OC(C)(C)C)C(N)=O)C5=O)c(Cl)c3)CC2)c(F)c1. The molecule has 1 atom stereocenters. The monoisotopic (exact) mass is 675 g/mol. The average molecular weight is 676 g/mol. The smallest absolute Gasteiger partial charge is 0.306 e. The normalized spacial score (nSPS) is 15.5. The van der Waals surface area contributed by atoms with E-state index in [-0.39, 0.29) is 43.4 Å². The summed E-state index contributed by atoms with van der Waals surface area (Å²) in [5, 5.41) is 0.550. The van der Waals surface area contributed by atoms with Gasteiger partial charge in [-0.05, 0) is 63.1 Å². The van der Waals surface area contributed by atoms with E-state index in [1.54, 1.807) is 51.1 Å². The number of hydrogen-bond donors (Lipinski definition) is 1. The van der Waals surface area contributed by atoms with Gasteiger partial charge in [-0.15, -0.1) is 0 Å². The summed E-state index contributed by atoms with van der Waals surface area (Å²) in [6.45, 7) is 16.1. The highest BCUT2D eigenvalue weighted by molar-refractivity contribution is 6.31. The van der Waals surface area contributed by atoms with E-state index in [4.69, 9.17) is 33.4 Å². The largest absolute Gasteiger partial charge is 0.488 e. The number of nitrogens with zero attached hydrogens (tertiary/aromatic N) is 4. The van der Waals surface area contributed by atoms with Crippen LogP contribution in [0, 0.1) is 12.4 Å². The van der Waals surface area contributed by atoms with Crippen LogP contribution in [0.1, 0.15) is 60.7 Å². The quantitative estimate of drug-likeness (QED) is 0.200. The van der Waals surface area contributed by atoms with Crippen molar-refractivity contribution in [2.24, 2.45) is 5.73 Å². The van der Waals surface area contributed by atoms with Crippen LogP contribution in [0.5, 0.6) is 5.75 Å². The van der Waals surface area contributed by atoms with Gasteiger partial charge >= 0.3 is 5.97 Å². The zero-order valence-corrected chi connectivity index (χ0v) is 28.1. The number of carbonyl (C=O) groups is 3. The minimum atomic E-state index is -0.978. The molecule has 2 aliphatic heterocycles. The van der Waals surface area contributed by atoms with Crippen molar-refractivity contribution in [3.05, 3.63) is 99.1 Å². The van der Waals surface area contributed by atoms with E-state index in [2.05, 4.69) is 9.74 Å². The van der Waals surface area contributed by atoms with Gasteiger partial charge in [-0.25, -0.2) is 9.24 Å². The Hall–Kier alpha value is -4.66. The highest BCUT2D eigenvalue weighted by atomic mass is 35.5. The summed E-state index contributed by atoms with van der Waals surface area (Å²) in [5.41, 5.74) is 8.68. The first kappa shape index (κ1) is 34.7. The second kappa shape index (κ2) is 14.6. The average Bonchev–Trinajstić information content (AvgIpc) is 3.36. The number of ether oxygens (including phenoxy) is 2. The van der Waals surface area contributed by atoms with E-state index in [9.17, 15) is 18.8 Å². The first-order valence-electron chi connectivity index (χ1n) is 15.8. The molecule has 0 aliphatic carbocycles. The molecule has 2 amide bonds. The molecule has 2 N–H and O–H groups in total.